The van der Waals surface area contributed by atoms with Crippen molar-refractivity contribution in [1.82, 2.24) is 0 Å². The van der Waals surface area contributed by atoms with Gasteiger partial charge in [-0.2, -0.15) is 0 Å². The molecule has 0 saturated heterocycles. The van der Waals surface area contributed by atoms with Crippen molar-refractivity contribution < 1.29 is 4.18 Å². The molecule has 0 radical (unpaired) electrons. The first-order valence-electron chi connectivity index (χ1n) is 5.22. The molecule has 2 heteroatoms. The molecule has 0 amide bonds. The third-order valence-corrected chi connectivity index (χ3v) is 2.94. The van der Waals surface area contributed by atoms with Crippen molar-refractivity contribution in [2.24, 2.45) is 0 Å². The quantitative estimate of drug-likeness (QED) is 0.723. The fraction of sp³-hybridized carbons (Fsp3) is 0.143. The van der Waals surface area contributed by atoms with Gasteiger partial charge in [0, 0.05) is 4.90 Å². The number of rotatable bonds is 3. The highest BCUT2D eigenvalue weighted by Gasteiger charge is 1.98. The van der Waals surface area contributed by atoms with E-state index in [1.165, 1.54) is 23.2 Å². The van der Waals surface area contributed by atoms with Gasteiger partial charge in [-0.25, -0.2) is 0 Å². The first-order chi connectivity index (χ1) is 7.74. The second kappa shape index (κ2) is 5.08. The molecule has 0 fully saturated rings. The molecule has 2 rings (SSSR count). The zero-order valence-electron chi connectivity index (χ0n) is 9.44. The standard InChI is InChI=1S/C14H14OS/c1-11-5-3-7-13(9-11)15-16-14-8-4-6-12(2)10-14/h3-10H,1-2H3. The van der Waals surface area contributed by atoms with Gasteiger partial charge < -0.3 is 4.18 Å². The van der Waals surface area contributed by atoms with E-state index in [-0.39, 0.29) is 0 Å². The minimum absolute atomic E-state index is 0.895. The Hall–Kier alpha value is -1.41. The molecule has 0 aliphatic rings. The van der Waals surface area contributed by atoms with Gasteiger partial charge in [-0.05, 0) is 49.2 Å². The normalized spacial score (nSPS) is 10.1. The van der Waals surface area contributed by atoms with Crippen LogP contribution < -0.4 is 4.18 Å². The largest absolute Gasteiger partial charge is 0.421 e. The molecule has 0 atom stereocenters. The molecule has 0 N–H and O–H groups in total. The molecule has 82 valence electrons. The summed E-state index contributed by atoms with van der Waals surface area (Å²) in [4.78, 5) is 1.13. The maximum Gasteiger partial charge on any atom is 0.138 e. The van der Waals surface area contributed by atoms with Crippen LogP contribution in [0.3, 0.4) is 0 Å². The van der Waals surface area contributed by atoms with E-state index >= 15 is 0 Å². The lowest BCUT2D eigenvalue weighted by Crippen LogP contribution is -1.83. The maximum absolute atomic E-state index is 5.64. The molecule has 1 nitrogen and oxygen atoms in total. The van der Waals surface area contributed by atoms with Gasteiger partial charge >= 0.3 is 0 Å². The van der Waals surface area contributed by atoms with E-state index in [1.54, 1.807) is 0 Å². The van der Waals surface area contributed by atoms with E-state index < -0.39 is 0 Å². The fourth-order valence-electron chi connectivity index (χ4n) is 1.43. The maximum atomic E-state index is 5.64. The zero-order chi connectivity index (χ0) is 11.4. The molecule has 2 aromatic rings. The summed E-state index contributed by atoms with van der Waals surface area (Å²) in [7, 11) is 0. The van der Waals surface area contributed by atoms with Crippen LogP contribution in [0.2, 0.25) is 0 Å². The van der Waals surface area contributed by atoms with Crippen molar-refractivity contribution in [3.63, 3.8) is 0 Å². The molecule has 0 saturated carbocycles. The average Bonchev–Trinajstić information content (AvgIpc) is 2.27. The van der Waals surface area contributed by atoms with Crippen molar-refractivity contribution in [3.05, 3.63) is 59.7 Å². The van der Waals surface area contributed by atoms with Gasteiger partial charge in [0.05, 0.1) is 12.0 Å². The Labute approximate surface area is 101 Å². The van der Waals surface area contributed by atoms with Gasteiger partial charge in [-0.3, -0.25) is 0 Å². The second-order valence-corrected chi connectivity index (χ2v) is 4.60. The number of hydrogen-bond donors (Lipinski definition) is 0. The summed E-state index contributed by atoms with van der Waals surface area (Å²) in [5.74, 6) is 0.895. The Kier molecular flexibility index (Phi) is 3.52. The molecule has 0 aliphatic carbocycles. The molecule has 0 bridgehead atoms. The Balaban J connectivity index is 2.02. The molecular weight excluding hydrogens is 216 g/mol. The fourth-order valence-corrected chi connectivity index (χ4v) is 2.09. The minimum Gasteiger partial charge on any atom is -0.421 e. The van der Waals surface area contributed by atoms with Gasteiger partial charge in [0.15, 0.2) is 0 Å². The Morgan fingerprint density at radius 3 is 2.25 bits per heavy atom. The predicted molar refractivity (Wildman–Crippen MR) is 68.8 cm³/mol. The highest BCUT2D eigenvalue weighted by molar-refractivity contribution is 7.95. The third-order valence-electron chi connectivity index (χ3n) is 2.21. The number of benzene rings is 2. The number of aryl methyl sites for hydroxylation is 2. The Morgan fingerprint density at radius 2 is 1.56 bits per heavy atom. The van der Waals surface area contributed by atoms with Crippen LogP contribution >= 0.6 is 12.0 Å². The summed E-state index contributed by atoms with van der Waals surface area (Å²) in [6.45, 7) is 4.14. The van der Waals surface area contributed by atoms with Crippen LogP contribution in [0.1, 0.15) is 11.1 Å². The van der Waals surface area contributed by atoms with Gasteiger partial charge in [0.25, 0.3) is 0 Å². The van der Waals surface area contributed by atoms with Crippen LogP contribution in [0.15, 0.2) is 53.4 Å². The topological polar surface area (TPSA) is 9.23 Å². The van der Waals surface area contributed by atoms with Gasteiger partial charge in [-0.15, -0.1) is 0 Å². The molecule has 16 heavy (non-hydrogen) atoms. The Morgan fingerprint density at radius 1 is 0.875 bits per heavy atom. The van der Waals surface area contributed by atoms with E-state index in [9.17, 15) is 0 Å². The lowest BCUT2D eigenvalue weighted by Gasteiger charge is -2.05. The second-order valence-electron chi connectivity index (χ2n) is 3.80. The van der Waals surface area contributed by atoms with Crippen LogP contribution in [-0.4, -0.2) is 0 Å². The first kappa shape index (κ1) is 11.1. The van der Waals surface area contributed by atoms with Crippen LogP contribution in [0.5, 0.6) is 5.75 Å². The van der Waals surface area contributed by atoms with Crippen molar-refractivity contribution in [2.75, 3.05) is 0 Å². The molecule has 2 aromatic carbocycles. The number of hydrogen-bond acceptors (Lipinski definition) is 2. The lowest BCUT2D eigenvalue weighted by molar-refractivity contribution is 0.645. The van der Waals surface area contributed by atoms with E-state index in [4.69, 9.17) is 4.18 Å². The van der Waals surface area contributed by atoms with Gasteiger partial charge in [-0.1, -0.05) is 24.3 Å². The highest BCUT2D eigenvalue weighted by Crippen LogP contribution is 2.24. The summed E-state index contributed by atoms with van der Waals surface area (Å²) >= 11 is 1.40. The monoisotopic (exact) mass is 230 g/mol. The molecule has 0 unspecified atom stereocenters. The van der Waals surface area contributed by atoms with Crippen molar-refractivity contribution in [3.8, 4) is 5.75 Å². The summed E-state index contributed by atoms with van der Waals surface area (Å²) in [6, 6.07) is 16.3. The third kappa shape index (κ3) is 3.04. The summed E-state index contributed by atoms with van der Waals surface area (Å²) < 4.78 is 5.64. The Bertz CT molecular complexity index is 434. The van der Waals surface area contributed by atoms with E-state index in [2.05, 4.69) is 32.0 Å². The van der Waals surface area contributed by atoms with Crippen molar-refractivity contribution in [2.45, 2.75) is 18.7 Å². The molecule has 0 heterocycles. The zero-order valence-corrected chi connectivity index (χ0v) is 10.3. The van der Waals surface area contributed by atoms with Crippen molar-refractivity contribution >= 4 is 12.0 Å². The van der Waals surface area contributed by atoms with Gasteiger partial charge in [0.2, 0.25) is 0 Å². The van der Waals surface area contributed by atoms with Crippen LogP contribution in [0.4, 0.5) is 0 Å². The lowest BCUT2D eigenvalue weighted by atomic mass is 10.2. The average molecular weight is 230 g/mol. The molecular formula is C14H14OS. The van der Waals surface area contributed by atoms with Crippen LogP contribution in [0, 0.1) is 13.8 Å². The minimum atomic E-state index is 0.895. The molecule has 0 aromatic heterocycles. The first-order valence-corrected chi connectivity index (χ1v) is 5.96. The predicted octanol–water partition coefficient (Wildman–Crippen LogP) is 4.39. The summed E-state index contributed by atoms with van der Waals surface area (Å²) in [5.41, 5.74) is 2.46. The van der Waals surface area contributed by atoms with Crippen LogP contribution in [-0.2, 0) is 0 Å². The van der Waals surface area contributed by atoms with Gasteiger partial charge in [0.1, 0.15) is 5.75 Å². The summed E-state index contributed by atoms with van der Waals surface area (Å²) in [6.07, 6.45) is 0. The highest BCUT2D eigenvalue weighted by atomic mass is 32.2. The smallest absolute Gasteiger partial charge is 0.138 e. The summed E-state index contributed by atoms with van der Waals surface area (Å²) in [5, 5.41) is 0. The van der Waals surface area contributed by atoms with Crippen LogP contribution in [0.25, 0.3) is 0 Å². The van der Waals surface area contributed by atoms with Crippen molar-refractivity contribution in [1.29, 1.82) is 0 Å². The molecule has 0 aliphatic heterocycles. The molecule has 0 spiro atoms. The van der Waals surface area contributed by atoms with E-state index in [1.807, 2.05) is 30.3 Å². The van der Waals surface area contributed by atoms with E-state index in [0.29, 0.717) is 0 Å². The van der Waals surface area contributed by atoms with E-state index in [0.717, 1.165) is 10.6 Å². The SMILES string of the molecule is Cc1cccc(OSc2cccc(C)c2)c1.